The molecule has 6 heteroatoms. The normalized spacial score (nSPS) is 55.9. The summed E-state index contributed by atoms with van der Waals surface area (Å²) in [5, 5.41) is 55.3. The summed E-state index contributed by atoms with van der Waals surface area (Å²) in [6, 6.07) is 0. The largest absolute Gasteiger partial charge is 0.481 e. The van der Waals surface area contributed by atoms with Gasteiger partial charge in [-0.3, -0.25) is 4.79 Å². The number of hydrogen-bond acceptors (Lipinski definition) is 5. The zero-order chi connectivity index (χ0) is 26.7. The molecule has 0 radical (unpaired) electrons. The maximum absolute atomic E-state index is 12.8. The predicted molar refractivity (Wildman–Crippen MR) is 137 cm³/mol. The lowest BCUT2D eigenvalue weighted by atomic mass is 9.33. The van der Waals surface area contributed by atoms with E-state index in [1.165, 1.54) is 0 Å². The highest BCUT2D eigenvalue weighted by atomic mass is 16.4. The zero-order valence-corrected chi connectivity index (χ0v) is 23.0. The van der Waals surface area contributed by atoms with Crippen molar-refractivity contribution in [1.82, 2.24) is 0 Å². The van der Waals surface area contributed by atoms with Crippen LogP contribution >= 0.6 is 0 Å². The van der Waals surface area contributed by atoms with Gasteiger partial charge in [-0.05, 0) is 78.9 Å². The average Bonchev–Trinajstić information content (AvgIpc) is 2.79. The molecule has 6 nitrogen and oxygen atoms in total. The molecule has 0 amide bonds. The van der Waals surface area contributed by atoms with Crippen LogP contribution in [0.1, 0.15) is 92.9 Å². The number of aliphatic carboxylic acids is 1. The van der Waals surface area contributed by atoms with E-state index in [0.717, 1.165) is 24.8 Å². The monoisotopic (exact) mass is 504 g/mol. The third kappa shape index (κ3) is 2.96. The van der Waals surface area contributed by atoms with Crippen molar-refractivity contribution in [3.63, 3.8) is 0 Å². The summed E-state index contributed by atoms with van der Waals surface area (Å²) >= 11 is 0. The zero-order valence-electron chi connectivity index (χ0n) is 23.0. The number of aliphatic hydroxyl groups excluding tert-OH is 4. The SMILES string of the molecule is CC1(C)CCC2(C(=O)O)CCC3(C)C(=CCC4C5(C)CCC(O)C(C)(CO)C5C(O)CC43C)C2C1O. The van der Waals surface area contributed by atoms with E-state index >= 15 is 0 Å². The van der Waals surface area contributed by atoms with Crippen LogP contribution in [-0.2, 0) is 4.79 Å². The highest BCUT2D eigenvalue weighted by molar-refractivity contribution is 5.77. The summed E-state index contributed by atoms with van der Waals surface area (Å²) in [5.41, 5.74) is -1.83. The summed E-state index contributed by atoms with van der Waals surface area (Å²) in [4.78, 5) is 12.8. The van der Waals surface area contributed by atoms with Crippen LogP contribution in [0.5, 0.6) is 0 Å². The van der Waals surface area contributed by atoms with Gasteiger partial charge in [0.1, 0.15) is 0 Å². The second-order valence-electron chi connectivity index (χ2n) is 15.0. The molecule has 5 aliphatic carbocycles. The molecule has 0 aliphatic heterocycles. The lowest BCUT2D eigenvalue weighted by Gasteiger charge is -2.72. The molecule has 11 unspecified atom stereocenters. The standard InChI is InChI=1S/C30H48O6/c1-25(2)11-13-30(24(35)36)14-12-28(5)17(21(30)23(25)34)7-8-19-26(3)10-9-20(33)27(4,16-31)22(26)18(32)15-29(19,28)6/h7,18-23,31-34H,8-16H2,1-6H3,(H,35,36). The van der Waals surface area contributed by atoms with Crippen molar-refractivity contribution < 1.29 is 30.3 Å². The van der Waals surface area contributed by atoms with Gasteiger partial charge in [0.25, 0.3) is 0 Å². The average molecular weight is 505 g/mol. The Labute approximate surface area is 216 Å². The maximum atomic E-state index is 12.8. The van der Waals surface area contributed by atoms with E-state index in [9.17, 15) is 30.3 Å². The third-order valence-corrected chi connectivity index (χ3v) is 13.3. The highest BCUT2D eigenvalue weighted by Crippen LogP contribution is 2.75. The van der Waals surface area contributed by atoms with E-state index in [0.29, 0.717) is 32.1 Å². The highest BCUT2D eigenvalue weighted by Gasteiger charge is 2.72. The third-order valence-electron chi connectivity index (χ3n) is 13.3. The summed E-state index contributed by atoms with van der Waals surface area (Å²) in [6.45, 7) is 12.7. The van der Waals surface area contributed by atoms with Gasteiger partial charge < -0.3 is 25.5 Å². The van der Waals surface area contributed by atoms with Crippen molar-refractivity contribution >= 4 is 5.97 Å². The molecule has 5 N–H and O–H groups in total. The van der Waals surface area contributed by atoms with Crippen molar-refractivity contribution in [1.29, 1.82) is 0 Å². The lowest BCUT2D eigenvalue weighted by molar-refractivity contribution is -0.254. The van der Waals surface area contributed by atoms with Crippen LogP contribution < -0.4 is 0 Å². The molecule has 4 saturated carbocycles. The first kappa shape index (κ1) is 26.6. The fourth-order valence-electron chi connectivity index (χ4n) is 10.8. The van der Waals surface area contributed by atoms with Gasteiger partial charge in [0.15, 0.2) is 0 Å². The quantitative estimate of drug-likeness (QED) is 0.361. The fourth-order valence-corrected chi connectivity index (χ4v) is 10.8. The molecule has 0 bridgehead atoms. The van der Waals surface area contributed by atoms with Crippen LogP contribution in [0, 0.1) is 50.2 Å². The molecule has 0 saturated heterocycles. The molecule has 36 heavy (non-hydrogen) atoms. The molecule has 204 valence electrons. The number of carboxylic acid groups (broad SMARTS) is 1. The molecular formula is C30H48O6. The van der Waals surface area contributed by atoms with Crippen LogP contribution in [0.3, 0.4) is 0 Å². The first-order chi connectivity index (χ1) is 16.5. The van der Waals surface area contributed by atoms with Gasteiger partial charge in [0.2, 0.25) is 0 Å². The molecular weight excluding hydrogens is 456 g/mol. The van der Waals surface area contributed by atoms with Crippen molar-refractivity contribution in [2.24, 2.45) is 50.2 Å². The summed E-state index contributed by atoms with van der Waals surface area (Å²) in [5.74, 6) is -1.19. The van der Waals surface area contributed by atoms with Crippen LogP contribution in [0.4, 0.5) is 0 Å². The number of carbonyl (C=O) groups is 1. The summed E-state index contributed by atoms with van der Waals surface area (Å²) in [6.07, 6.45) is 5.52. The van der Waals surface area contributed by atoms with Crippen LogP contribution in [-0.4, -0.2) is 56.4 Å². The number of allylic oxidation sites excluding steroid dienone is 1. The van der Waals surface area contributed by atoms with Crippen molar-refractivity contribution in [3.8, 4) is 0 Å². The Bertz CT molecular complexity index is 974. The van der Waals surface area contributed by atoms with Gasteiger partial charge in [-0.1, -0.05) is 53.2 Å². The molecule has 0 aromatic carbocycles. The lowest BCUT2D eigenvalue weighted by Crippen LogP contribution is -2.70. The molecule has 4 fully saturated rings. The Morgan fingerprint density at radius 2 is 1.61 bits per heavy atom. The second-order valence-corrected chi connectivity index (χ2v) is 15.0. The van der Waals surface area contributed by atoms with E-state index < -0.39 is 41.0 Å². The Kier molecular flexibility index (Phi) is 5.77. The number of carboxylic acids is 1. The van der Waals surface area contributed by atoms with Gasteiger partial charge in [0.05, 0.1) is 30.3 Å². The summed E-state index contributed by atoms with van der Waals surface area (Å²) < 4.78 is 0. The molecule has 0 heterocycles. The van der Waals surface area contributed by atoms with Crippen LogP contribution in [0.15, 0.2) is 11.6 Å². The van der Waals surface area contributed by atoms with E-state index in [-0.39, 0.29) is 40.1 Å². The number of rotatable bonds is 2. The minimum Gasteiger partial charge on any atom is -0.481 e. The number of fused-ring (bicyclic) bond motifs is 7. The molecule has 5 rings (SSSR count). The Morgan fingerprint density at radius 1 is 0.972 bits per heavy atom. The molecule has 0 aromatic heterocycles. The van der Waals surface area contributed by atoms with E-state index in [1.807, 2.05) is 6.92 Å². The first-order valence-corrected chi connectivity index (χ1v) is 14.1. The first-order valence-electron chi connectivity index (χ1n) is 14.1. The minimum atomic E-state index is -0.937. The molecule has 0 aromatic rings. The van der Waals surface area contributed by atoms with Gasteiger partial charge in [0, 0.05) is 17.3 Å². The Morgan fingerprint density at radius 3 is 2.22 bits per heavy atom. The smallest absolute Gasteiger partial charge is 0.310 e. The van der Waals surface area contributed by atoms with Crippen LogP contribution in [0.25, 0.3) is 0 Å². The van der Waals surface area contributed by atoms with Gasteiger partial charge in [-0.2, -0.15) is 0 Å². The van der Waals surface area contributed by atoms with Crippen molar-refractivity contribution in [2.75, 3.05) is 6.61 Å². The van der Waals surface area contributed by atoms with Crippen molar-refractivity contribution in [2.45, 2.75) is 111 Å². The fraction of sp³-hybridized carbons (Fsp3) is 0.900. The predicted octanol–water partition coefficient (Wildman–Crippen LogP) is 4.15. The second kappa shape index (κ2) is 7.80. The van der Waals surface area contributed by atoms with E-state index in [2.05, 4.69) is 40.7 Å². The molecule has 0 spiro atoms. The maximum Gasteiger partial charge on any atom is 0.310 e. The van der Waals surface area contributed by atoms with Crippen molar-refractivity contribution in [3.05, 3.63) is 11.6 Å². The number of hydrogen-bond donors (Lipinski definition) is 5. The Balaban J connectivity index is 1.65. The number of aliphatic hydroxyl groups is 4. The molecule has 11 atom stereocenters. The molecule has 5 aliphatic rings. The van der Waals surface area contributed by atoms with Crippen LogP contribution in [0.2, 0.25) is 0 Å². The van der Waals surface area contributed by atoms with Gasteiger partial charge in [-0.25, -0.2) is 0 Å². The minimum absolute atomic E-state index is 0.155. The van der Waals surface area contributed by atoms with Gasteiger partial charge >= 0.3 is 5.97 Å². The van der Waals surface area contributed by atoms with Gasteiger partial charge in [-0.15, -0.1) is 0 Å². The van der Waals surface area contributed by atoms with E-state index in [4.69, 9.17) is 0 Å². The summed E-state index contributed by atoms with van der Waals surface area (Å²) in [7, 11) is 0. The Hall–Kier alpha value is -0.950. The van der Waals surface area contributed by atoms with E-state index in [1.54, 1.807) is 0 Å². The topological polar surface area (TPSA) is 118 Å².